The minimum atomic E-state index is 0.117. The van der Waals surface area contributed by atoms with Crippen molar-refractivity contribution in [3.8, 4) is 11.5 Å². The van der Waals surface area contributed by atoms with Crippen LogP contribution in [0, 0.1) is 5.92 Å². The molecule has 6 nitrogen and oxygen atoms in total. The van der Waals surface area contributed by atoms with E-state index in [0.29, 0.717) is 30.2 Å². The molecule has 1 saturated heterocycles. The summed E-state index contributed by atoms with van der Waals surface area (Å²) in [7, 11) is 0. The van der Waals surface area contributed by atoms with E-state index < -0.39 is 0 Å². The highest BCUT2D eigenvalue weighted by atomic mass is 79.9. The quantitative estimate of drug-likeness (QED) is 0.642. The molecule has 0 unspecified atom stereocenters. The summed E-state index contributed by atoms with van der Waals surface area (Å²) in [6.07, 6.45) is 1.15. The molecule has 0 radical (unpaired) electrons. The van der Waals surface area contributed by atoms with Crippen LogP contribution in [0.4, 0.5) is 0 Å². The van der Waals surface area contributed by atoms with Gasteiger partial charge in [-0.1, -0.05) is 28.1 Å². The molecule has 0 spiro atoms. The lowest BCUT2D eigenvalue weighted by atomic mass is 9.83. The number of likely N-dealkylation sites (tertiary alicyclic amines) is 1. The number of fused-ring (bicyclic) bond motifs is 4. The molecule has 2 bridgehead atoms. The Kier molecular flexibility index (Phi) is 4.21. The average molecular weight is 427 g/mol. The van der Waals surface area contributed by atoms with Crippen LogP contribution in [0.3, 0.4) is 0 Å². The van der Waals surface area contributed by atoms with Crippen molar-refractivity contribution in [2.75, 3.05) is 13.1 Å². The molecule has 0 N–H and O–H groups in total. The summed E-state index contributed by atoms with van der Waals surface area (Å²) in [5, 5.41) is 8.44. The molecule has 3 aromatic rings. The lowest BCUT2D eigenvalue weighted by molar-refractivity contribution is 0.106. The second kappa shape index (κ2) is 6.73. The van der Waals surface area contributed by atoms with Gasteiger partial charge in [0, 0.05) is 47.3 Å². The Balaban J connectivity index is 1.34. The Hall–Kier alpha value is -2.25. The number of piperidine rings is 1. The molecule has 0 aliphatic carbocycles. The third-order valence-electron chi connectivity index (χ3n) is 5.45. The highest BCUT2D eigenvalue weighted by Gasteiger charge is 2.34. The van der Waals surface area contributed by atoms with Crippen LogP contribution in [0.25, 0.3) is 11.5 Å². The first-order chi connectivity index (χ1) is 13.2. The molecule has 4 heterocycles. The van der Waals surface area contributed by atoms with Crippen LogP contribution in [-0.4, -0.2) is 32.8 Å². The number of nitrogens with zero attached hydrogens (tertiary/aromatic N) is 4. The first kappa shape index (κ1) is 16.9. The van der Waals surface area contributed by atoms with E-state index >= 15 is 0 Å². The number of hydrogen-bond acceptors (Lipinski definition) is 5. The van der Waals surface area contributed by atoms with E-state index in [-0.39, 0.29) is 5.56 Å². The number of benzene rings is 1. The van der Waals surface area contributed by atoms with Gasteiger partial charge in [0.15, 0.2) is 0 Å². The Morgan fingerprint density at radius 3 is 2.89 bits per heavy atom. The molecule has 2 atom stereocenters. The van der Waals surface area contributed by atoms with Crippen molar-refractivity contribution >= 4 is 15.9 Å². The SMILES string of the molecule is O=c1cccc2n1C[C@H]1C[C@H]2CN(Cc2nnc(-c3cccc(Br)c3)o2)C1. The number of pyridine rings is 1. The molecule has 0 amide bonds. The summed E-state index contributed by atoms with van der Waals surface area (Å²) in [4.78, 5) is 14.5. The lowest BCUT2D eigenvalue weighted by Gasteiger charge is -2.42. The van der Waals surface area contributed by atoms with Gasteiger partial charge in [-0.15, -0.1) is 10.2 Å². The molecule has 2 aromatic heterocycles. The van der Waals surface area contributed by atoms with Gasteiger partial charge in [0.2, 0.25) is 11.8 Å². The zero-order valence-electron chi connectivity index (χ0n) is 14.7. The number of halogens is 1. The van der Waals surface area contributed by atoms with E-state index in [1.165, 1.54) is 0 Å². The van der Waals surface area contributed by atoms with Gasteiger partial charge in [0.05, 0.1) is 6.54 Å². The number of aromatic nitrogens is 3. The maximum Gasteiger partial charge on any atom is 0.250 e. The molecule has 1 fully saturated rings. The topological polar surface area (TPSA) is 64.2 Å². The fourth-order valence-electron chi connectivity index (χ4n) is 4.37. The second-order valence-electron chi connectivity index (χ2n) is 7.40. The van der Waals surface area contributed by atoms with Crippen LogP contribution in [-0.2, 0) is 13.1 Å². The molecule has 2 aliphatic heterocycles. The maximum atomic E-state index is 12.1. The van der Waals surface area contributed by atoms with Crippen LogP contribution >= 0.6 is 15.9 Å². The third kappa shape index (κ3) is 3.26. The predicted molar refractivity (Wildman–Crippen MR) is 104 cm³/mol. The summed E-state index contributed by atoms with van der Waals surface area (Å²) >= 11 is 3.47. The van der Waals surface area contributed by atoms with Crippen LogP contribution in [0.1, 0.15) is 23.9 Å². The van der Waals surface area contributed by atoms with Crippen LogP contribution < -0.4 is 5.56 Å². The molecule has 27 heavy (non-hydrogen) atoms. The van der Waals surface area contributed by atoms with Gasteiger partial charge in [0.1, 0.15) is 0 Å². The van der Waals surface area contributed by atoms with Gasteiger partial charge in [-0.25, -0.2) is 0 Å². The molecule has 0 saturated carbocycles. The minimum Gasteiger partial charge on any atom is -0.419 e. The van der Waals surface area contributed by atoms with E-state index in [2.05, 4.69) is 37.1 Å². The maximum absolute atomic E-state index is 12.1. The van der Waals surface area contributed by atoms with Crippen LogP contribution in [0.2, 0.25) is 0 Å². The zero-order chi connectivity index (χ0) is 18.4. The van der Waals surface area contributed by atoms with E-state index in [9.17, 15) is 4.79 Å². The van der Waals surface area contributed by atoms with Gasteiger partial charge in [-0.2, -0.15) is 0 Å². The van der Waals surface area contributed by atoms with Gasteiger partial charge >= 0.3 is 0 Å². The van der Waals surface area contributed by atoms with Gasteiger partial charge in [0.25, 0.3) is 5.56 Å². The van der Waals surface area contributed by atoms with Crippen molar-refractivity contribution < 1.29 is 4.42 Å². The van der Waals surface area contributed by atoms with Gasteiger partial charge < -0.3 is 8.98 Å². The Labute approximate surface area is 165 Å². The summed E-state index contributed by atoms with van der Waals surface area (Å²) < 4.78 is 8.83. The Bertz CT molecular complexity index is 1040. The van der Waals surface area contributed by atoms with Crippen molar-refractivity contribution in [3.05, 3.63) is 68.9 Å². The van der Waals surface area contributed by atoms with E-state index in [1.54, 1.807) is 6.07 Å². The first-order valence-corrected chi connectivity index (χ1v) is 9.95. The largest absolute Gasteiger partial charge is 0.419 e. The van der Waals surface area contributed by atoms with Gasteiger partial charge in [-0.3, -0.25) is 9.69 Å². The molecule has 2 aliphatic rings. The van der Waals surface area contributed by atoms with Gasteiger partial charge in [-0.05, 0) is 36.6 Å². The molecule has 138 valence electrons. The summed E-state index contributed by atoms with van der Waals surface area (Å²) in [6.45, 7) is 3.31. The summed E-state index contributed by atoms with van der Waals surface area (Å²) in [6, 6.07) is 13.5. The molecule has 7 heteroatoms. The Morgan fingerprint density at radius 1 is 1.11 bits per heavy atom. The Morgan fingerprint density at radius 2 is 2.00 bits per heavy atom. The molecule has 5 rings (SSSR count). The first-order valence-electron chi connectivity index (χ1n) is 9.16. The zero-order valence-corrected chi connectivity index (χ0v) is 16.3. The highest BCUT2D eigenvalue weighted by Crippen LogP contribution is 2.35. The molecular weight excluding hydrogens is 408 g/mol. The van der Waals surface area contributed by atoms with E-state index in [4.69, 9.17) is 4.42 Å². The fraction of sp³-hybridized carbons (Fsp3) is 0.350. The monoisotopic (exact) mass is 426 g/mol. The molecular formula is C20H19BrN4O2. The summed E-state index contributed by atoms with van der Waals surface area (Å²) in [5.41, 5.74) is 2.18. The lowest BCUT2D eigenvalue weighted by Crippen LogP contribution is -2.46. The van der Waals surface area contributed by atoms with Crippen molar-refractivity contribution in [2.24, 2.45) is 5.92 Å². The van der Waals surface area contributed by atoms with E-state index in [0.717, 1.165) is 41.8 Å². The normalized spacial score (nSPS) is 21.8. The number of rotatable bonds is 3. The highest BCUT2D eigenvalue weighted by molar-refractivity contribution is 9.10. The number of hydrogen-bond donors (Lipinski definition) is 0. The van der Waals surface area contributed by atoms with E-state index in [1.807, 2.05) is 34.9 Å². The second-order valence-corrected chi connectivity index (χ2v) is 8.32. The van der Waals surface area contributed by atoms with Crippen molar-refractivity contribution in [1.29, 1.82) is 0 Å². The van der Waals surface area contributed by atoms with Crippen molar-refractivity contribution in [2.45, 2.75) is 25.4 Å². The third-order valence-corrected chi connectivity index (χ3v) is 5.95. The fourth-order valence-corrected chi connectivity index (χ4v) is 4.77. The van der Waals surface area contributed by atoms with Crippen LogP contribution in [0.15, 0.2) is 56.1 Å². The van der Waals surface area contributed by atoms with Crippen molar-refractivity contribution in [3.63, 3.8) is 0 Å². The minimum absolute atomic E-state index is 0.117. The summed E-state index contributed by atoms with van der Waals surface area (Å²) in [5.74, 6) is 2.05. The smallest absolute Gasteiger partial charge is 0.250 e. The molecule has 1 aromatic carbocycles. The standard InChI is InChI=1S/C20H19BrN4O2/c21-16-4-1-3-14(8-16)20-23-22-18(27-20)12-24-9-13-7-15(11-24)17-5-2-6-19(26)25(17)10-13/h1-6,8,13,15H,7,9-12H2/t13-,15-/m0/s1. The average Bonchev–Trinajstić information content (AvgIpc) is 3.11. The van der Waals surface area contributed by atoms with Crippen LogP contribution in [0.5, 0.6) is 0 Å². The van der Waals surface area contributed by atoms with Crippen molar-refractivity contribution in [1.82, 2.24) is 19.7 Å². The predicted octanol–water partition coefficient (Wildman–Crippen LogP) is 3.28.